The average Bonchev–Trinajstić information content (AvgIpc) is 2.89. The predicted octanol–water partition coefficient (Wildman–Crippen LogP) is 2.21. The summed E-state index contributed by atoms with van der Waals surface area (Å²) in [5.41, 5.74) is -0.798. The number of benzene rings is 1. The minimum atomic E-state index is -4.51. The van der Waals surface area contributed by atoms with Gasteiger partial charge in [0.2, 0.25) is 5.91 Å². The Labute approximate surface area is 150 Å². The van der Waals surface area contributed by atoms with E-state index in [4.69, 9.17) is 4.74 Å². The Hall–Kier alpha value is -1.97. The van der Waals surface area contributed by atoms with Crippen molar-refractivity contribution >= 4 is 21.4 Å². The molecule has 0 radical (unpaired) electrons. The van der Waals surface area contributed by atoms with Gasteiger partial charge in [0.15, 0.2) is 9.84 Å². The molecule has 26 heavy (non-hydrogen) atoms. The molecule has 1 fully saturated rings. The van der Waals surface area contributed by atoms with E-state index in [9.17, 15) is 26.4 Å². The number of ether oxygens (including phenoxy) is 1. The average molecular weight is 394 g/mol. The van der Waals surface area contributed by atoms with Crippen LogP contribution in [0, 0.1) is 0 Å². The van der Waals surface area contributed by atoms with Crippen molar-refractivity contribution in [3.63, 3.8) is 0 Å². The van der Waals surface area contributed by atoms with E-state index in [1.54, 1.807) is 0 Å². The summed E-state index contributed by atoms with van der Waals surface area (Å²) in [5.74, 6) is -0.372. The molecule has 146 valence electrons. The Kier molecular flexibility index (Phi) is 6.38. The second-order valence-corrected chi connectivity index (χ2v) is 8.31. The Balaban J connectivity index is 2.02. The molecular formula is C16H21F3N2O4S. The fourth-order valence-electron chi connectivity index (χ4n) is 2.55. The molecule has 0 saturated carbocycles. The lowest BCUT2D eigenvalue weighted by molar-refractivity contribution is -0.137. The molecule has 1 amide bonds. The van der Waals surface area contributed by atoms with Gasteiger partial charge in [-0.3, -0.25) is 4.79 Å². The minimum absolute atomic E-state index is 0.0218. The van der Waals surface area contributed by atoms with Crippen LogP contribution in [0.5, 0.6) is 5.75 Å². The molecule has 0 aliphatic carbocycles. The van der Waals surface area contributed by atoms with E-state index in [2.05, 4.69) is 10.6 Å². The summed E-state index contributed by atoms with van der Waals surface area (Å²) >= 11 is 0. The number of sulfone groups is 1. The van der Waals surface area contributed by atoms with Gasteiger partial charge in [-0.25, -0.2) is 8.42 Å². The van der Waals surface area contributed by atoms with Crippen molar-refractivity contribution in [2.75, 3.05) is 30.0 Å². The first kappa shape index (κ1) is 20.3. The fourth-order valence-corrected chi connectivity index (χ4v) is 4.22. The van der Waals surface area contributed by atoms with Crippen LogP contribution in [0.15, 0.2) is 18.2 Å². The Morgan fingerprint density at radius 3 is 2.65 bits per heavy atom. The van der Waals surface area contributed by atoms with E-state index in [0.717, 1.165) is 12.1 Å². The lowest BCUT2D eigenvalue weighted by atomic mass is 10.1. The van der Waals surface area contributed by atoms with Crippen molar-refractivity contribution in [3.8, 4) is 5.75 Å². The highest BCUT2D eigenvalue weighted by molar-refractivity contribution is 7.91. The summed E-state index contributed by atoms with van der Waals surface area (Å²) in [6.45, 7) is 1.90. The highest BCUT2D eigenvalue weighted by Gasteiger charge is 2.31. The van der Waals surface area contributed by atoms with E-state index < -0.39 is 33.5 Å². The SMILES string of the molecule is CCCOc1ccc(C(F)(F)F)cc1NCC(=O)N[C@@H]1CCS(=O)(=O)C1. The van der Waals surface area contributed by atoms with Crippen LogP contribution in [0.25, 0.3) is 0 Å². The van der Waals surface area contributed by atoms with Crippen LogP contribution in [-0.4, -0.2) is 45.0 Å². The number of anilines is 1. The molecule has 0 aromatic heterocycles. The van der Waals surface area contributed by atoms with Gasteiger partial charge in [-0.15, -0.1) is 0 Å². The molecule has 0 spiro atoms. The van der Waals surface area contributed by atoms with E-state index in [1.807, 2.05) is 6.92 Å². The van der Waals surface area contributed by atoms with Crippen LogP contribution < -0.4 is 15.4 Å². The van der Waals surface area contributed by atoms with Crippen molar-refractivity contribution in [1.82, 2.24) is 5.32 Å². The molecule has 1 aliphatic heterocycles. The predicted molar refractivity (Wildman–Crippen MR) is 90.9 cm³/mol. The second-order valence-electron chi connectivity index (χ2n) is 6.08. The zero-order valence-electron chi connectivity index (χ0n) is 14.2. The van der Waals surface area contributed by atoms with Crippen molar-refractivity contribution in [2.45, 2.75) is 32.0 Å². The van der Waals surface area contributed by atoms with Gasteiger partial charge in [0.1, 0.15) is 5.75 Å². The highest BCUT2D eigenvalue weighted by atomic mass is 32.2. The quantitative estimate of drug-likeness (QED) is 0.741. The molecule has 1 aromatic rings. The van der Waals surface area contributed by atoms with Gasteiger partial charge in [-0.2, -0.15) is 13.2 Å². The number of rotatable bonds is 7. The summed E-state index contributed by atoms with van der Waals surface area (Å²) in [6, 6.07) is 2.55. The summed E-state index contributed by atoms with van der Waals surface area (Å²) in [6.07, 6.45) is -3.50. The van der Waals surface area contributed by atoms with Crippen molar-refractivity contribution in [3.05, 3.63) is 23.8 Å². The Morgan fingerprint density at radius 2 is 2.08 bits per heavy atom. The first-order valence-corrected chi connectivity index (χ1v) is 10.0. The number of carbonyl (C=O) groups excluding carboxylic acids is 1. The summed E-state index contributed by atoms with van der Waals surface area (Å²) in [7, 11) is -3.13. The molecule has 0 unspecified atom stereocenters. The van der Waals surface area contributed by atoms with Crippen molar-refractivity contribution in [1.29, 1.82) is 0 Å². The van der Waals surface area contributed by atoms with Gasteiger partial charge in [-0.05, 0) is 31.0 Å². The van der Waals surface area contributed by atoms with Gasteiger partial charge in [0.25, 0.3) is 0 Å². The summed E-state index contributed by atoms with van der Waals surface area (Å²) in [4.78, 5) is 12.0. The van der Waals surface area contributed by atoms with Crippen LogP contribution in [0.4, 0.5) is 18.9 Å². The highest BCUT2D eigenvalue weighted by Crippen LogP contribution is 2.35. The van der Waals surface area contributed by atoms with Gasteiger partial charge < -0.3 is 15.4 Å². The maximum Gasteiger partial charge on any atom is 0.416 e. The Bertz CT molecular complexity index is 750. The molecule has 1 aromatic carbocycles. The molecule has 0 bridgehead atoms. The van der Waals surface area contributed by atoms with E-state index >= 15 is 0 Å². The molecule has 1 atom stereocenters. The van der Waals surface area contributed by atoms with Crippen LogP contribution in [0.3, 0.4) is 0 Å². The van der Waals surface area contributed by atoms with Crippen molar-refractivity contribution < 1.29 is 31.1 Å². The number of hydrogen-bond acceptors (Lipinski definition) is 5. The zero-order chi connectivity index (χ0) is 19.4. The fraction of sp³-hybridized carbons (Fsp3) is 0.562. The second kappa shape index (κ2) is 8.15. The van der Waals surface area contributed by atoms with E-state index in [1.165, 1.54) is 6.07 Å². The number of amides is 1. The van der Waals surface area contributed by atoms with Crippen molar-refractivity contribution in [2.24, 2.45) is 0 Å². The van der Waals surface area contributed by atoms with Gasteiger partial charge >= 0.3 is 6.18 Å². The number of alkyl halides is 3. The minimum Gasteiger partial charge on any atom is -0.491 e. The third-order valence-electron chi connectivity index (χ3n) is 3.81. The molecule has 2 rings (SSSR count). The molecule has 1 saturated heterocycles. The third kappa shape index (κ3) is 5.79. The van der Waals surface area contributed by atoms with Crippen LogP contribution in [-0.2, 0) is 20.8 Å². The van der Waals surface area contributed by atoms with Gasteiger partial charge in [-0.1, -0.05) is 6.92 Å². The van der Waals surface area contributed by atoms with Gasteiger partial charge in [0, 0.05) is 6.04 Å². The Morgan fingerprint density at radius 1 is 1.35 bits per heavy atom. The molecular weight excluding hydrogens is 373 g/mol. The first-order chi connectivity index (χ1) is 12.1. The van der Waals surface area contributed by atoms with Crippen LogP contribution in [0.1, 0.15) is 25.3 Å². The number of nitrogens with one attached hydrogen (secondary N) is 2. The number of hydrogen-bond donors (Lipinski definition) is 2. The maximum absolute atomic E-state index is 12.9. The summed E-state index contributed by atoms with van der Waals surface area (Å²) in [5, 5.41) is 5.21. The maximum atomic E-state index is 12.9. The largest absolute Gasteiger partial charge is 0.491 e. The van der Waals surface area contributed by atoms with E-state index in [0.29, 0.717) is 19.4 Å². The van der Waals surface area contributed by atoms with Crippen LogP contribution >= 0.6 is 0 Å². The molecule has 6 nitrogen and oxygen atoms in total. The molecule has 1 heterocycles. The smallest absolute Gasteiger partial charge is 0.416 e. The number of halogens is 3. The molecule has 10 heteroatoms. The normalized spacial score (nSPS) is 19.2. The van der Waals surface area contributed by atoms with Crippen LogP contribution in [0.2, 0.25) is 0 Å². The standard InChI is InChI=1S/C16H21F3N2O4S/c1-2-6-25-14-4-3-11(16(17,18)19)8-13(14)20-9-15(22)21-12-5-7-26(23,24)10-12/h3-4,8,12,20H,2,5-7,9-10H2,1H3,(H,21,22)/t12-/m1/s1. The molecule has 1 aliphatic rings. The zero-order valence-corrected chi connectivity index (χ0v) is 15.0. The lowest BCUT2D eigenvalue weighted by Gasteiger charge is -2.16. The lowest BCUT2D eigenvalue weighted by Crippen LogP contribution is -2.39. The monoisotopic (exact) mass is 394 g/mol. The third-order valence-corrected chi connectivity index (χ3v) is 5.57. The first-order valence-electron chi connectivity index (χ1n) is 8.18. The van der Waals surface area contributed by atoms with E-state index in [-0.39, 0.29) is 29.5 Å². The van der Waals surface area contributed by atoms with Gasteiger partial charge in [0.05, 0.1) is 35.9 Å². The number of carbonyl (C=O) groups is 1. The summed E-state index contributed by atoms with van der Waals surface area (Å²) < 4.78 is 66.8. The topological polar surface area (TPSA) is 84.5 Å². The molecule has 2 N–H and O–H groups in total.